The van der Waals surface area contributed by atoms with Gasteiger partial charge in [-0.25, -0.2) is 0 Å². The summed E-state index contributed by atoms with van der Waals surface area (Å²) in [4.78, 5) is 38.8. The van der Waals surface area contributed by atoms with Gasteiger partial charge in [0, 0.05) is 18.9 Å². The number of hydrogen-bond acceptors (Lipinski definition) is 6. The first-order valence-corrected chi connectivity index (χ1v) is 14.7. The number of nitrogens with zero attached hydrogens (tertiary/aromatic N) is 1. The monoisotopic (exact) mass is 553 g/mol. The van der Waals surface area contributed by atoms with E-state index < -0.39 is 17.8 Å². The lowest BCUT2D eigenvalue weighted by Gasteiger charge is -2.31. The van der Waals surface area contributed by atoms with Gasteiger partial charge < -0.3 is 20.1 Å². The SMILES string of the molecule is CCC/C(=C\c1cc(C)c(O)c(C)c1)CC[C@H]1OC[C@H]2C1=C(CO)C[C@H]1C(=O)N(CCCCCC(=O)O)C(=O)[C@H]12. The van der Waals surface area contributed by atoms with Crippen molar-refractivity contribution in [1.29, 1.82) is 0 Å². The summed E-state index contributed by atoms with van der Waals surface area (Å²) < 4.78 is 6.26. The third kappa shape index (κ3) is 6.33. The molecule has 0 radical (unpaired) electrons. The van der Waals surface area contributed by atoms with Crippen molar-refractivity contribution in [1.82, 2.24) is 4.90 Å². The predicted molar refractivity (Wildman–Crippen MR) is 151 cm³/mol. The standard InChI is InChI=1S/C32H43NO7/c1-4-8-21(15-22-13-19(2)30(37)20(3)14-22)10-11-26-28-23(17-34)16-24-29(25(28)18-40-26)32(39)33(31(24)38)12-7-5-6-9-27(35)36/h13-15,24-26,29,34,37H,4-12,16-18H2,1-3H3,(H,35,36)/b21-15+/t24-,25+,26-,29-/m1/s1. The fourth-order valence-electron chi connectivity index (χ4n) is 6.84. The lowest BCUT2D eigenvalue weighted by molar-refractivity contribution is -0.141. The van der Waals surface area contributed by atoms with Crippen molar-refractivity contribution in [3.8, 4) is 5.75 Å². The minimum absolute atomic E-state index is 0.0878. The summed E-state index contributed by atoms with van der Waals surface area (Å²) in [6.45, 7) is 6.50. The van der Waals surface area contributed by atoms with Crippen molar-refractivity contribution < 1.29 is 34.4 Å². The highest BCUT2D eigenvalue weighted by Crippen LogP contribution is 2.49. The molecule has 8 heteroatoms. The third-order valence-corrected chi connectivity index (χ3v) is 8.75. The van der Waals surface area contributed by atoms with Gasteiger partial charge in [-0.3, -0.25) is 19.3 Å². The van der Waals surface area contributed by atoms with E-state index in [0.29, 0.717) is 44.6 Å². The molecule has 4 rings (SSSR count). The number of aromatic hydroxyl groups is 1. The molecule has 0 bridgehead atoms. The van der Waals surface area contributed by atoms with E-state index in [9.17, 15) is 24.6 Å². The molecule has 3 N–H and O–H groups in total. The van der Waals surface area contributed by atoms with Gasteiger partial charge in [-0.05, 0) is 92.3 Å². The Balaban J connectivity index is 1.45. The Morgan fingerprint density at radius 1 is 1.05 bits per heavy atom. The Hall–Kier alpha value is -2.97. The number of allylic oxidation sites excluding steroid dienone is 1. The zero-order chi connectivity index (χ0) is 29.0. The van der Waals surface area contributed by atoms with Crippen molar-refractivity contribution in [2.24, 2.45) is 17.8 Å². The van der Waals surface area contributed by atoms with Crippen LogP contribution in [-0.2, 0) is 19.1 Å². The molecule has 1 aliphatic carbocycles. The Bertz CT molecular complexity index is 1180. The highest BCUT2D eigenvalue weighted by Gasteiger charge is 2.56. The second-order valence-electron chi connectivity index (χ2n) is 11.6. The van der Waals surface area contributed by atoms with E-state index in [1.54, 1.807) is 0 Å². The number of aliphatic hydroxyl groups excluding tert-OH is 1. The second kappa shape index (κ2) is 13.1. The van der Waals surface area contributed by atoms with Gasteiger partial charge in [-0.2, -0.15) is 0 Å². The van der Waals surface area contributed by atoms with E-state index in [4.69, 9.17) is 9.84 Å². The van der Waals surface area contributed by atoms with Gasteiger partial charge in [0.25, 0.3) is 0 Å². The van der Waals surface area contributed by atoms with Crippen LogP contribution in [0.1, 0.15) is 81.4 Å². The minimum Gasteiger partial charge on any atom is -0.507 e. The number of carbonyl (C=O) groups excluding carboxylic acids is 2. The number of phenols is 1. The summed E-state index contributed by atoms with van der Waals surface area (Å²) >= 11 is 0. The predicted octanol–water partition coefficient (Wildman–Crippen LogP) is 4.93. The smallest absolute Gasteiger partial charge is 0.303 e. The van der Waals surface area contributed by atoms with Crippen molar-refractivity contribution in [2.45, 2.75) is 84.7 Å². The summed E-state index contributed by atoms with van der Waals surface area (Å²) in [5.74, 6) is -1.93. The molecule has 0 unspecified atom stereocenters. The molecular weight excluding hydrogens is 510 g/mol. The molecule has 218 valence electrons. The molecule has 0 spiro atoms. The maximum absolute atomic E-state index is 13.4. The van der Waals surface area contributed by atoms with Gasteiger partial charge in [-0.15, -0.1) is 0 Å². The second-order valence-corrected chi connectivity index (χ2v) is 11.6. The average Bonchev–Trinajstić information content (AvgIpc) is 3.44. The number of aliphatic carboxylic acids is 1. The number of likely N-dealkylation sites (tertiary alicyclic amines) is 1. The van der Waals surface area contributed by atoms with Crippen LogP contribution in [0.5, 0.6) is 5.75 Å². The number of carboxylic acid groups (broad SMARTS) is 1. The molecule has 40 heavy (non-hydrogen) atoms. The number of imide groups is 1. The van der Waals surface area contributed by atoms with Crippen LogP contribution in [0.2, 0.25) is 0 Å². The van der Waals surface area contributed by atoms with Gasteiger partial charge in [0.2, 0.25) is 11.8 Å². The minimum atomic E-state index is -0.840. The van der Waals surface area contributed by atoms with Crippen molar-refractivity contribution in [2.75, 3.05) is 19.8 Å². The molecule has 1 aromatic carbocycles. The first-order chi connectivity index (χ1) is 19.2. The summed E-state index contributed by atoms with van der Waals surface area (Å²) in [5.41, 5.74) is 5.91. The third-order valence-electron chi connectivity index (χ3n) is 8.75. The van der Waals surface area contributed by atoms with Crippen LogP contribution < -0.4 is 0 Å². The molecule has 2 aliphatic heterocycles. The number of hydrogen-bond donors (Lipinski definition) is 3. The topological polar surface area (TPSA) is 124 Å². The van der Waals surface area contributed by atoms with Gasteiger partial charge in [0.15, 0.2) is 0 Å². The number of aliphatic hydroxyl groups is 1. The van der Waals surface area contributed by atoms with Crippen molar-refractivity contribution in [3.63, 3.8) is 0 Å². The summed E-state index contributed by atoms with van der Waals surface area (Å²) in [5, 5.41) is 29.2. The molecular formula is C32H43NO7. The largest absolute Gasteiger partial charge is 0.507 e. The van der Waals surface area contributed by atoms with Crippen LogP contribution in [0.25, 0.3) is 6.08 Å². The maximum atomic E-state index is 13.4. The molecule has 2 fully saturated rings. The van der Waals surface area contributed by atoms with Crippen LogP contribution in [0.15, 0.2) is 28.9 Å². The fourth-order valence-corrected chi connectivity index (χ4v) is 6.84. The van der Waals surface area contributed by atoms with E-state index >= 15 is 0 Å². The van der Waals surface area contributed by atoms with Crippen LogP contribution in [0, 0.1) is 31.6 Å². The summed E-state index contributed by atoms with van der Waals surface area (Å²) in [7, 11) is 0. The van der Waals surface area contributed by atoms with Crippen molar-refractivity contribution >= 4 is 23.9 Å². The first-order valence-electron chi connectivity index (χ1n) is 14.7. The molecule has 1 aromatic rings. The Morgan fingerprint density at radius 2 is 1.77 bits per heavy atom. The highest BCUT2D eigenvalue weighted by atomic mass is 16.5. The van der Waals surface area contributed by atoms with E-state index in [1.165, 1.54) is 10.5 Å². The molecule has 2 amide bonds. The number of carbonyl (C=O) groups is 3. The Morgan fingerprint density at radius 3 is 2.42 bits per heavy atom. The van der Waals surface area contributed by atoms with Crippen LogP contribution in [-0.4, -0.2) is 63.9 Å². The van der Waals surface area contributed by atoms with E-state index in [0.717, 1.165) is 53.5 Å². The molecule has 0 saturated carbocycles. The molecule has 4 atom stereocenters. The van der Waals surface area contributed by atoms with E-state index in [-0.39, 0.29) is 36.9 Å². The molecule has 3 aliphatic rings. The molecule has 0 aromatic heterocycles. The Kier molecular flexibility index (Phi) is 9.85. The van der Waals surface area contributed by atoms with Gasteiger partial charge in [0.1, 0.15) is 5.75 Å². The lowest BCUT2D eigenvalue weighted by atomic mass is 9.69. The first kappa shape index (κ1) is 30.0. The van der Waals surface area contributed by atoms with Crippen LogP contribution >= 0.6 is 0 Å². The number of carboxylic acids is 1. The number of aryl methyl sites for hydroxylation is 2. The fraction of sp³-hybridized carbons (Fsp3) is 0.594. The average molecular weight is 554 g/mol. The zero-order valence-corrected chi connectivity index (χ0v) is 23.9. The van der Waals surface area contributed by atoms with Crippen molar-refractivity contribution in [3.05, 3.63) is 45.5 Å². The van der Waals surface area contributed by atoms with Crippen LogP contribution in [0.4, 0.5) is 0 Å². The van der Waals surface area contributed by atoms with Gasteiger partial charge in [-0.1, -0.05) is 31.4 Å². The molecule has 8 nitrogen and oxygen atoms in total. The number of benzene rings is 1. The van der Waals surface area contributed by atoms with E-state index in [1.807, 2.05) is 26.0 Å². The number of amides is 2. The van der Waals surface area contributed by atoms with Crippen LogP contribution in [0.3, 0.4) is 0 Å². The highest BCUT2D eigenvalue weighted by molar-refractivity contribution is 6.06. The number of fused-ring (bicyclic) bond motifs is 3. The normalized spacial score (nSPS) is 24.6. The Labute approximate surface area is 236 Å². The van der Waals surface area contributed by atoms with Gasteiger partial charge in [0.05, 0.1) is 31.2 Å². The summed E-state index contributed by atoms with van der Waals surface area (Å²) in [6, 6.07) is 3.99. The zero-order valence-electron chi connectivity index (χ0n) is 23.9. The maximum Gasteiger partial charge on any atom is 0.303 e. The molecule has 2 heterocycles. The van der Waals surface area contributed by atoms with Gasteiger partial charge >= 0.3 is 5.97 Å². The lowest BCUT2D eigenvalue weighted by Crippen LogP contribution is -2.35. The molecule has 2 saturated heterocycles. The number of phenolic OH excluding ortho intramolecular Hbond substituents is 1. The quantitative estimate of drug-likeness (QED) is 0.180. The number of ether oxygens (including phenoxy) is 1. The summed E-state index contributed by atoms with van der Waals surface area (Å²) in [6.07, 6.45) is 7.75. The van der Waals surface area contributed by atoms with E-state index in [2.05, 4.69) is 13.0 Å². The number of rotatable bonds is 13. The number of unbranched alkanes of at least 4 members (excludes halogenated alkanes) is 2.